The van der Waals surface area contributed by atoms with E-state index in [1.807, 2.05) is 20.8 Å². The van der Waals surface area contributed by atoms with Crippen LogP contribution in [0.2, 0.25) is 0 Å². The zero-order valence-electron chi connectivity index (χ0n) is 12.5. The number of benzene rings is 1. The molecule has 0 unspecified atom stereocenters. The summed E-state index contributed by atoms with van der Waals surface area (Å²) >= 11 is 0. The minimum atomic E-state index is -0.325. The summed E-state index contributed by atoms with van der Waals surface area (Å²) in [6.07, 6.45) is 2.06. The second-order valence-corrected chi connectivity index (χ2v) is 6.13. The zero-order chi connectivity index (χ0) is 15.1. The number of carbonyl (C=O) groups excluding carboxylic acids is 1. The fraction of sp³-hybridized carbons (Fsp3) is 0.562. The van der Waals surface area contributed by atoms with Crippen LogP contribution in [0.3, 0.4) is 0 Å². The molecule has 0 saturated heterocycles. The molecule has 4 nitrogen and oxygen atoms in total. The summed E-state index contributed by atoms with van der Waals surface area (Å²) in [5, 5.41) is 20.4. The van der Waals surface area contributed by atoms with E-state index in [-0.39, 0.29) is 34.4 Å². The van der Waals surface area contributed by atoms with Gasteiger partial charge in [-0.3, -0.25) is 4.79 Å². The van der Waals surface area contributed by atoms with Crippen LogP contribution in [0.15, 0.2) is 6.07 Å². The smallest absolute Gasteiger partial charge is 0.173 e. The molecular formula is C16H22O4. The molecule has 0 bridgehead atoms. The molecule has 2 N–H and O–H groups in total. The Balaban J connectivity index is 2.51. The van der Waals surface area contributed by atoms with E-state index in [2.05, 4.69) is 0 Å². The van der Waals surface area contributed by atoms with Crippen LogP contribution < -0.4 is 4.74 Å². The summed E-state index contributed by atoms with van der Waals surface area (Å²) in [7, 11) is 0. The van der Waals surface area contributed by atoms with Crippen LogP contribution in [-0.2, 0) is 6.42 Å². The molecule has 0 aliphatic carbocycles. The van der Waals surface area contributed by atoms with E-state index in [9.17, 15) is 15.0 Å². The molecule has 1 aliphatic rings. The molecule has 0 amide bonds. The van der Waals surface area contributed by atoms with Gasteiger partial charge in [-0.15, -0.1) is 0 Å². The first-order valence-electron chi connectivity index (χ1n) is 7.08. The monoisotopic (exact) mass is 278 g/mol. The molecule has 1 heterocycles. The summed E-state index contributed by atoms with van der Waals surface area (Å²) in [6.45, 7) is 7.62. The number of aromatic hydroxyl groups is 2. The Bertz CT molecular complexity index is 546. The number of phenolic OH excluding ortho intramolecular Hbond substituents is 2. The maximum absolute atomic E-state index is 12.3. The van der Waals surface area contributed by atoms with E-state index >= 15 is 0 Å². The van der Waals surface area contributed by atoms with Gasteiger partial charge < -0.3 is 14.9 Å². The normalized spacial score (nSPS) is 18.0. The lowest BCUT2D eigenvalue weighted by molar-refractivity contribution is 0.0828. The van der Waals surface area contributed by atoms with Gasteiger partial charge in [-0.25, -0.2) is 0 Å². The number of hydrogen-bond donors (Lipinski definition) is 2. The lowest BCUT2D eigenvalue weighted by Gasteiger charge is -2.33. The van der Waals surface area contributed by atoms with Crippen molar-refractivity contribution in [2.75, 3.05) is 0 Å². The van der Waals surface area contributed by atoms with Crippen molar-refractivity contribution in [1.82, 2.24) is 0 Å². The topological polar surface area (TPSA) is 66.8 Å². The van der Waals surface area contributed by atoms with Gasteiger partial charge in [0.2, 0.25) is 0 Å². The largest absolute Gasteiger partial charge is 0.507 e. The van der Waals surface area contributed by atoms with Crippen LogP contribution in [0.25, 0.3) is 0 Å². The van der Waals surface area contributed by atoms with Crippen molar-refractivity contribution in [2.24, 2.45) is 5.92 Å². The van der Waals surface area contributed by atoms with E-state index in [4.69, 9.17) is 4.74 Å². The molecule has 1 aliphatic heterocycles. The molecule has 0 saturated carbocycles. The molecule has 20 heavy (non-hydrogen) atoms. The molecule has 1 atom stereocenters. The molecule has 4 heteroatoms. The number of ketones is 1. The van der Waals surface area contributed by atoms with Gasteiger partial charge in [0.15, 0.2) is 5.78 Å². The maximum atomic E-state index is 12.3. The molecular weight excluding hydrogens is 256 g/mol. The van der Waals surface area contributed by atoms with Gasteiger partial charge in [0.1, 0.15) is 28.4 Å². The predicted octanol–water partition coefficient (Wildman–Crippen LogP) is 3.43. The lowest BCUT2D eigenvalue weighted by atomic mass is 9.89. The average molecular weight is 278 g/mol. The van der Waals surface area contributed by atoms with E-state index in [1.165, 1.54) is 6.07 Å². The Morgan fingerprint density at radius 1 is 1.45 bits per heavy atom. The van der Waals surface area contributed by atoms with Crippen LogP contribution in [0.5, 0.6) is 17.2 Å². The van der Waals surface area contributed by atoms with E-state index in [1.54, 1.807) is 6.92 Å². The standard InChI is InChI=1S/C16H22O4/c1-5-9(2)14(18)13-11(17)8-12-10(15(13)19)6-7-16(3,4)20-12/h8-9,17,19H,5-7H2,1-4H3/t9-/m1/s1. The summed E-state index contributed by atoms with van der Waals surface area (Å²) in [4.78, 5) is 12.3. The first kappa shape index (κ1) is 14.7. The lowest BCUT2D eigenvalue weighted by Crippen LogP contribution is -2.32. The van der Waals surface area contributed by atoms with Crippen molar-refractivity contribution in [2.45, 2.75) is 52.6 Å². The van der Waals surface area contributed by atoms with Crippen LogP contribution in [0.1, 0.15) is 56.5 Å². The van der Waals surface area contributed by atoms with Crippen molar-refractivity contribution in [3.63, 3.8) is 0 Å². The maximum Gasteiger partial charge on any atom is 0.173 e. The Morgan fingerprint density at radius 3 is 2.70 bits per heavy atom. The third-order valence-electron chi connectivity index (χ3n) is 4.01. The number of hydrogen-bond acceptors (Lipinski definition) is 4. The highest BCUT2D eigenvalue weighted by Crippen LogP contribution is 2.44. The van der Waals surface area contributed by atoms with Crippen molar-refractivity contribution in [3.05, 3.63) is 17.2 Å². The summed E-state index contributed by atoms with van der Waals surface area (Å²) in [5.41, 5.74) is 0.323. The highest BCUT2D eigenvalue weighted by atomic mass is 16.5. The molecule has 0 aromatic heterocycles. The first-order valence-corrected chi connectivity index (χ1v) is 7.08. The summed E-state index contributed by atoms with van der Waals surface area (Å²) in [5.74, 6) is -0.317. The highest BCUT2D eigenvalue weighted by molar-refractivity contribution is 6.03. The molecule has 0 radical (unpaired) electrons. The van der Waals surface area contributed by atoms with Crippen molar-refractivity contribution in [3.8, 4) is 17.2 Å². The number of Topliss-reactive ketones (excluding diaryl/α,β-unsaturated/α-hetero) is 1. The van der Waals surface area contributed by atoms with Gasteiger partial charge in [-0.1, -0.05) is 13.8 Å². The number of phenols is 2. The van der Waals surface area contributed by atoms with Crippen molar-refractivity contribution in [1.29, 1.82) is 0 Å². The average Bonchev–Trinajstić information content (AvgIpc) is 2.35. The predicted molar refractivity (Wildman–Crippen MR) is 76.6 cm³/mol. The van der Waals surface area contributed by atoms with Crippen molar-refractivity contribution >= 4 is 5.78 Å². The van der Waals surface area contributed by atoms with E-state index in [0.717, 1.165) is 6.42 Å². The number of ether oxygens (including phenoxy) is 1. The fourth-order valence-corrected chi connectivity index (χ4v) is 2.45. The molecule has 2 rings (SSSR count). The molecule has 1 aromatic carbocycles. The van der Waals surface area contributed by atoms with Crippen LogP contribution >= 0.6 is 0 Å². The van der Waals surface area contributed by atoms with Gasteiger partial charge in [0.05, 0.1) is 0 Å². The van der Waals surface area contributed by atoms with E-state index in [0.29, 0.717) is 24.2 Å². The van der Waals surface area contributed by atoms with Crippen LogP contribution in [0.4, 0.5) is 0 Å². The van der Waals surface area contributed by atoms with E-state index < -0.39 is 0 Å². The van der Waals surface area contributed by atoms with Gasteiger partial charge in [-0.2, -0.15) is 0 Å². The van der Waals surface area contributed by atoms with Gasteiger partial charge in [0, 0.05) is 17.5 Å². The minimum Gasteiger partial charge on any atom is -0.507 e. The Hall–Kier alpha value is -1.71. The minimum absolute atomic E-state index is 0.0291. The number of rotatable bonds is 3. The molecule has 0 fully saturated rings. The highest BCUT2D eigenvalue weighted by Gasteiger charge is 2.32. The third kappa shape index (κ3) is 2.47. The number of fused-ring (bicyclic) bond motifs is 1. The second-order valence-electron chi connectivity index (χ2n) is 6.13. The number of carbonyl (C=O) groups is 1. The van der Waals surface area contributed by atoms with Gasteiger partial charge >= 0.3 is 0 Å². The Kier molecular flexibility index (Phi) is 3.67. The summed E-state index contributed by atoms with van der Waals surface area (Å²) in [6, 6.07) is 1.45. The second kappa shape index (κ2) is 5.00. The van der Waals surface area contributed by atoms with Crippen molar-refractivity contribution < 1.29 is 19.7 Å². The fourth-order valence-electron chi connectivity index (χ4n) is 2.45. The molecule has 0 spiro atoms. The zero-order valence-corrected chi connectivity index (χ0v) is 12.5. The Labute approximate surface area is 119 Å². The first-order chi connectivity index (χ1) is 9.26. The molecule has 1 aromatic rings. The Morgan fingerprint density at radius 2 is 2.10 bits per heavy atom. The van der Waals surface area contributed by atoms with Gasteiger partial charge in [0.25, 0.3) is 0 Å². The van der Waals surface area contributed by atoms with Crippen LogP contribution in [0, 0.1) is 5.92 Å². The quantitative estimate of drug-likeness (QED) is 0.831. The van der Waals surface area contributed by atoms with Crippen LogP contribution in [-0.4, -0.2) is 21.6 Å². The SMILES string of the molecule is CC[C@@H](C)C(=O)c1c(O)cc2c(c1O)CCC(C)(C)O2. The third-order valence-corrected chi connectivity index (χ3v) is 4.01. The molecule has 110 valence electrons. The van der Waals surface area contributed by atoms with Gasteiger partial charge in [-0.05, 0) is 33.1 Å². The summed E-state index contributed by atoms with van der Waals surface area (Å²) < 4.78 is 5.77.